The highest BCUT2D eigenvalue weighted by Gasteiger charge is 2.13. The Morgan fingerprint density at radius 3 is 2.55 bits per heavy atom. The number of hydrogen-bond acceptors (Lipinski definition) is 3. The van der Waals surface area contributed by atoms with E-state index in [9.17, 15) is 13.2 Å². The third-order valence-corrected chi connectivity index (χ3v) is 3.63. The van der Waals surface area contributed by atoms with Gasteiger partial charge in [-0.1, -0.05) is 35.9 Å². The van der Waals surface area contributed by atoms with Crippen LogP contribution in [0.1, 0.15) is 15.9 Å². The van der Waals surface area contributed by atoms with Crippen LogP contribution >= 0.6 is 11.6 Å². The molecule has 116 valence electrons. The second-order valence-corrected chi connectivity index (χ2v) is 6.92. The SMILES string of the molecule is CS(=O)(=O)Nc1ccccc1C(=O)NCc1cccc(Cl)c1. The van der Waals surface area contributed by atoms with E-state index in [1.807, 2.05) is 6.07 Å². The molecule has 0 aliphatic rings. The Hall–Kier alpha value is -2.05. The Labute approximate surface area is 134 Å². The quantitative estimate of drug-likeness (QED) is 0.880. The van der Waals surface area contributed by atoms with E-state index >= 15 is 0 Å². The molecule has 0 atom stereocenters. The van der Waals surface area contributed by atoms with Crippen LogP contribution in [0, 0.1) is 0 Å². The van der Waals surface area contributed by atoms with Crippen molar-refractivity contribution in [1.29, 1.82) is 0 Å². The summed E-state index contributed by atoms with van der Waals surface area (Å²) in [5.74, 6) is -0.369. The maximum absolute atomic E-state index is 12.2. The van der Waals surface area contributed by atoms with Crippen LogP contribution in [0.15, 0.2) is 48.5 Å². The van der Waals surface area contributed by atoms with Gasteiger partial charge in [0.25, 0.3) is 5.91 Å². The molecule has 0 radical (unpaired) electrons. The van der Waals surface area contributed by atoms with Crippen molar-refractivity contribution in [3.63, 3.8) is 0 Å². The zero-order chi connectivity index (χ0) is 16.2. The average Bonchev–Trinajstić information content (AvgIpc) is 2.44. The molecule has 2 aromatic rings. The minimum atomic E-state index is -3.45. The van der Waals surface area contributed by atoms with Crippen LogP contribution in [0.3, 0.4) is 0 Å². The number of nitrogens with one attached hydrogen (secondary N) is 2. The normalized spacial score (nSPS) is 11.0. The summed E-state index contributed by atoms with van der Waals surface area (Å²) < 4.78 is 25.0. The van der Waals surface area contributed by atoms with Crippen molar-refractivity contribution in [2.75, 3.05) is 11.0 Å². The van der Waals surface area contributed by atoms with Crippen LogP contribution in [0.2, 0.25) is 5.02 Å². The second kappa shape index (κ2) is 6.81. The van der Waals surface area contributed by atoms with Gasteiger partial charge in [-0.05, 0) is 29.8 Å². The first-order valence-corrected chi connectivity index (χ1v) is 8.71. The van der Waals surface area contributed by atoms with Crippen molar-refractivity contribution in [1.82, 2.24) is 5.32 Å². The molecule has 0 spiro atoms. The first kappa shape index (κ1) is 16.3. The summed E-state index contributed by atoms with van der Waals surface area (Å²) in [4.78, 5) is 12.2. The Bertz CT molecular complexity index is 791. The highest BCUT2D eigenvalue weighted by molar-refractivity contribution is 7.92. The standard InChI is InChI=1S/C15H15ClN2O3S/c1-22(20,21)18-14-8-3-2-7-13(14)15(19)17-10-11-5-4-6-12(16)9-11/h2-9,18H,10H2,1H3,(H,17,19). The molecular formula is C15H15ClN2O3S. The fourth-order valence-electron chi connectivity index (χ4n) is 1.89. The summed E-state index contributed by atoms with van der Waals surface area (Å²) in [7, 11) is -3.45. The third-order valence-electron chi connectivity index (χ3n) is 2.81. The van der Waals surface area contributed by atoms with Gasteiger partial charge in [0.1, 0.15) is 0 Å². The highest BCUT2D eigenvalue weighted by Crippen LogP contribution is 2.16. The summed E-state index contributed by atoms with van der Waals surface area (Å²) in [6.07, 6.45) is 1.04. The number of halogens is 1. The molecular weight excluding hydrogens is 324 g/mol. The van der Waals surface area contributed by atoms with Crippen LogP contribution in [0.25, 0.3) is 0 Å². The Balaban J connectivity index is 2.13. The van der Waals surface area contributed by atoms with Gasteiger partial charge in [-0.3, -0.25) is 9.52 Å². The number of amides is 1. The molecule has 22 heavy (non-hydrogen) atoms. The van der Waals surface area contributed by atoms with Crippen LogP contribution in [-0.4, -0.2) is 20.6 Å². The van der Waals surface area contributed by atoms with Crippen molar-refractivity contribution < 1.29 is 13.2 Å². The van der Waals surface area contributed by atoms with Crippen molar-refractivity contribution in [3.05, 3.63) is 64.7 Å². The summed E-state index contributed by atoms with van der Waals surface area (Å²) >= 11 is 5.89. The Kier molecular flexibility index (Phi) is 5.05. The van der Waals surface area contributed by atoms with Gasteiger partial charge in [0.15, 0.2) is 0 Å². The van der Waals surface area contributed by atoms with E-state index in [2.05, 4.69) is 10.0 Å². The third kappa shape index (κ3) is 4.75. The Morgan fingerprint density at radius 1 is 1.14 bits per heavy atom. The molecule has 5 nitrogen and oxygen atoms in total. The largest absolute Gasteiger partial charge is 0.348 e. The smallest absolute Gasteiger partial charge is 0.253 e. The molecule has 0 saturated carbocycles. The molecule has 0 aromatic heterocycles. The maximum atomic E-state index is 12.2. The van der Waals surface area contributed by atoms with E-state index < -0.39 is 10.0 Å². The number of benzene rings is 2. The molecule has 0 unspecified atom stereocenters. The molecule has 0 aliphatic carbocycles. The van der Waals surface area contributed by atoms with Gasteiger partial charge < -0.3 is 5.32 Å². The van der Waals surface area contributed by atoms with E-state index in [0.29, 0.717) is 11.6 Å². The molecule has 2 rings (SSSR count). The summed E-state index contributed by atoms with van der Waals surface area (Å²) in [6, 6.07) is 13.6. The monoisotopic (exact) mass is 338 g/mol. The molecule has 2 aromatic carbocycles. The van der Waals surface area contributed by atoms with Gasteiger partial charge in [-0.25, -0.2) is 8.42 Å². The van der Waals surface area contributed by atoms with Gasteiger partial charge >= 0.3 is 0 Å². The zero-order valence-electron chi connectivity index (χ0n) is 11.8. The summed E-state index contributed by atoms with van der Waals surface area (Å²) in [5.41, 5.74) is 1.36. The van der Waals surface area contributed by atoms with Crippen LogP contribution in [0.5, 0.6) is 0 Å². The molecule has 0 fully saturated rings. The van der Waals surface area contributed by atoms with E-state index in [4.69, 9.17) is 11.6 Å². The molecule has 0 saturated heterocycles. The van der Waals surface area contributed by atoms with Crippen LogP contribution < -0.4 is 10.0 Å². The predicted octanol–water partition coefficient (Wildman–Crippen LogP) is 2.64. The lowest BCUT2D eigenvalue weighted by molar-refractivity contribution is 0.0952. The van der Waals surface area contributed by atoms with E-state index in [0.717, 1.165) is 11.8 Å². The minimum absolute atomic E-state index is 0.244. The number of hydrogen-bond donors (Lipinski definition) is 2. The van der Waals surface area contributed by atoms with Gasteiger partial charge in [0, 0.05) is 11.6 Å². The number of anilines is 1. The van der Waals surface area contributed by atoms with Gasteiger partial charge in [-0.2, -0.15) is 0 Å². The zero-order valence-corrected chi connectivity index (χ0v) is 13.4. The highest BCUT2D eigenvalue weighted by atomic mass is 35.5. The molecule has 2 N–H and O–H groups in total. The number of para-hydroxylation sites is 1. The van der Waals surface area contributed by atoms with E-state index in [1.165, 1.54) is 6.07 Å². The Morgan fingerprint density at radius 2 is 1.86 bits per heavy atom. The molecule has 7 heteroatoms. The fourth-order valence-corrected chi connectivity index (χ4v) is 2.68. The van der Waals surface area contributed by atoms with Crippen LogP contribution in [-0.2, 0) is 16.6 Å². The molecule has 0 aliphatic heterocycles. The van der Waals surface area contributed by atoms with Gasteiger partial charge in [-0.15, -0.1) is 0 Å². The second-order valence-electron chi connectivity index (χ2n) is 4.73. The van der Waals surface area contributed by atoms with Crippen molar-refractivity contribution in [2.24, 2.45) is 0 Å². The lowest BCUT2D eigenvalue weighted by Gasteiger charge is -2.11. The van der Waals surface area contributed by atoms with Crippen molar-refractivity contribution >= 4 is 33.2 Å². The summed E-state index contributed by atoms with van der Waals surface area (Å²) in [6.45, 7) is 0.298. The number of rotatable bonds is 5. The molecule has 1 amide bonds. The van der Waals surface area contributed by atoms with Crippen LogP contribution in [0.4, 0.5) is 5.69 Å². The van der Waals surface area contributed by atoms with Crippen molar-refractivity contribution in [3.8, 4) is 0 Å². The number of carbonyl (C=O) groups excluding carboxylic acids is 1. The number of carbonyl (C=O) groups is 1. The average molecular weight is 339 g/mol. The lowest BCUT2D eigenvalue weighted by Crippen LogP contribution is -2.24. The molecule has 0 bridgehead atoms. The first-order chi connectivity index (χ1) is 10.3. The minimum Gasteiger partial charge on any atom is -0.348 e. The topological polar surface area (TPSA) is 75.3 Å². The molecule has 0 heterocycles. The van der Waals surface area contributed by atoms with Gasteiger partial charge in [0.2, 0.25) is 10.0 Å². The first-order valence-electron chi connectivity index (χ1n) is 6.44. The van der Waals surface area contributed by atoms with E-state index in [1.54, 1.807) is 36.4 Å². The van der Waals surface area contributed by atoms with Crippen molar-refractivity contribution in [2.45, 2.75) is 6.54 Å². The summed E-state index contributed by atoms with van der Waals surface area (Å²) in [5, 5.41) is 3.33. The predicted molar refractivity (Wildman–Crippen MR) is 87.5 cm³/mol. The maximum Gasteiger partial charge on any atom is 0.253 e. The lowest BCUT2D eigenvalue weighted by atomic mass is 10.1. The number of sulfonamides is 1. The fraction of sp³-hybridized carbons (Fsp3) is 0.133. The van der Waals surface area contributed by atoms with E-state index in [-0.39, 0.29) is 17.2 Å². The van der Waals surface area contributed by atoms with Gasteiger partial charge in [0.05, 0.1) is 17.5 Å².